The summed E-state index contributed by atoms with van der Waals surface area (Å²) in [4.78, 5) is 14.5. The van der Waals surface area contributed by atoms with E-state index in [-0.39, 0.29) is 0 Å². The molecule has 6 aromatic carbocycles. The third kappa shape index (κ3) is 5.82. The minimum absolute atomic E-state index is 0.756. The summed E-state index contributed by atoms with van der Waals surface area (Å²) >= 11 is 0. The number of anilines is 6. The summed E-state index contributed by atoms with van der Waals surface area (Å²) in [6, 6.07) is 43.1. The SMILES string of the molecule is Cc1cc(C)c(N(c2ccc(N(c3cnc(-c4ccccc4)cn3)c3cccc4ccccc34)cc2)c2c(C)cc(C)cc2C)c(C)c1. The molecule has 0 amide bonds. The Labute approximate surface area is 284 Å². The largest absolute Gasteiger partial charge is 0.309 e. The average Bonchev–Trinajstić information content (AvgIpc) is 3.08. The minimum atomic E-state index is 0.756. The summed E-state index contributed by atoms with van der Waals surface area (Å²) in [5.41, 5.74) is 15.0. The van der Waals surface area contributed by atoms with Gasteiger partial charge in [0.2, 0.25) is 0 Å². The second-order valence-electron chi connectivity index (χ2n) is 12.8. The van der Waals surface area contributed by atoms with Gasteiger partial charge in [-0.05, 0) is 99.5 Å². The van der Waals surface area contributed by atoms with E-state index in [9.17, 15) is 0 Å². The fourth-order valence-corrected chi connectivity index (χ4v) is 7.16. The summed E-state index contributed by atoms with van der Waals surface area (Å²) < 4.78 is 0. The van der Waals surface area contributed by atoms with Crippen LogP contribution in [0.3, 0.4) is 0 Å². The van der Waals surface area contributed by atoms with Gasteiger partial charge in [-0.3, -0.25) is 9.88 Å². The Morgan fingerprint density at radius 2 is 0.979 bits per heavy atom. The molecule has 236 valence electrons. The van der Waals surface area contributed by atoms with Crippen LogP contribution in [0.25, 0.3) is 22.0 Å². The molecule has 0 aliphatic carbocycles. The topological polar surface area (TPSA) is 32.3 Å². The lowest BCUT2D eigenvalue weighted by molar-refractivity contribution is 1.13. The Morgan fingerprint density at radius 3 is 1.54 bits per heavy atom. The van der Waals surface area contributed by atoms with Crippen molar-refractivity contribution in [2.75, 3.05) is 9.80 Å². The molecule has 0 N–H and O–H groups in total. The van der Waals surface area contributed by atoms with Crippen molar-refractivity contribution in [2.45, 2.75) is 41.5 Å². The highest BCUT2D eigenvalue weighted by atomic mass is 15.2. The second-order valence-corrected chi connectivity index (χ2v) is 12.8. The van der Waals surface area contributed by atoms with Gasteiger partial charge in [0, 0.05) is 22.3 Å². The van der Waals surface area contributed by atoms with Gasteiger partial charge in [0.1, 0.15) is 0 Å². The maximum atomic E-state index is 4.98. The molecule has 7 aromatic rings. The van der Waals surface area contributed by atoms with Gasteiger partial charge >= 0.3 is 0 Å². The fourth-order valence-electron chi connectivity index (χ4n) is 7.16. The van der Waals surface area contributed by atoms with Crippen LogP contribution >= 0.6 is 0 Å². The monoisotopic (exact) mass is 624 g/mol. The average molecular weight is 625 g/mol. The maximum Gasteiger partial charge on any atom is 0.156 e. The van der Waals surface area contributed by atoms with Gasteiger partial charge in [-0.2, -0.15) is 0 Å². The molecule has 48 heavy (non-hydrogen) atoms. The summed E-state index contributed by atoms with van der Waals surface area (Å²) in [6.07, 6.45) is 3.74. The van der Waals surface area contributed by atoms with Crippen molar-refractivity contribution in [3.63, 3.8) is 0 Å². The zero-order valence-electron chi connectivity index (χ0n) is 28.5. The van der Waals surface area contributed by atoms with E-state index in [1.165, 1.54) is 50.1 Å². The number of aromatic nitrogens is 2. The first-order valence-electron chi connectivity index (χ1n) is 16.5. The molecule has 0 atom stereocenters. The zero-order chi connectivity index (χ0) is 33.4. The molecular weight excluding hydrogens is 585 g/mol. The third-order valence-corrected chi connectivity index (χ3v) is 9.03. The molecule has 4 heteroatoms. The van der Waals surface area contributed by atoms with Crippen molar-refractivity contribution in [1.82, 2.24) is 9.97 Å². The first kappa shape index (κ1) is 30.9. The quantitative estimate of drug-likeness (QED) is 0.177. The Hall–Kier alpha value is -5.74. The Bertz CT molecular complexity index is 2130. The molecule has 0 bridgehead atoms. The molecule has 0 spiro atoms. The van der Waals surface area contributed by atoms with E-state index in [1.807, 2.05) is 30.6 Å². The minimum Gasteiger partial charge on any atom is -0.309 e. The van der Waals surface area contributed by atoms with E-state index >= 15 is 0 Å². The molecule has 0 unspecified atom stereocenters. The van der Waals surface area contributed by atoms with Crippen LogP contribution in [0.2, 0.25) is 0 Å². The number of benzene rings is 6. The molecule has 1 aromatic heterocycles. The number of hydrogen-bond donors (Lipinski definition) is 0. The van der Waals surface area contributed by atoms with Gasteiger partial charge in [-0.1, -0.05) is 102 Å². The zero-order valence-corrected chi connectivity index (χ0v) is 28.5. The molecule has 1 heterocycles. The van der Waals surface area contributed by atoms with E-state index in [2.05, 4.69) is 154 Å². The maximum absolute atomic E-state index is 4.98. The number of hydrogen-bond acceptors (Lipinski definition) is 4. The van der Waals surface area contributed by atoms with Crippen LogP contribution in [-0.2, 0) is 0 Å². The van der Waals surface area contributed by atoms with Gasteiger partial charge in [-0.25, -0.2) is 4.98 Å². The van der Waals surface area contributed by atoms with E-state index in [4.69, 9.17) is 9.97 Å². The lowest BCUT2D eigenvalue weighted by Gasteiger charge is -2.32. The van der Waals surface area contributed by atoms with Gasteiger partial charge in [0.05, 0.1) is 35.1 Å². The molecule has 0 fully saturated rings. The highest BCUT2D eigenvalue weighted by Crippen LogP contribution is 2.44. The van der Waals surface area contributed by atoms with Crippen molar-refractivity contribution in [1.29, 1.82) is 0 Å². The molecule has 0 aliphatic heterocycles. The van der Waals surface area contributed by atoms with Gasteiger partial charge in [0.25, 0.3) is 0 Å². The molecule has 0 saturated carbocycles. The summed E-state index contributed by atoms with van der Waals surface area (Å²) in [6.45, 7) is 13.2. The highest BCUT2D eigenvalue weighted by molar-refractivity contribution is 5.98. The van der Waals surface area contributed by atoms with Crippen molar-refractivity contribution >= 4 is 45.0 Å². The van der Waals surface area contributed by atoms with Crippen LogP contribution in [0.4, 0.5) is 34.3 Å². The summed E-state index contributed by atoms with van der Waals surface area (Å²) in [5.74, 6) is 0.756. The first-order valence-corrected chi connectivity index (χ1v) is 16.5. The number of nitrogens with zero attached hydrogens (tertiary/aromatic N) is 4. The molecule has 0 saturated heterocycles. The van der Waals surface area contributed by atoms with Crippen LogP contribution in [0, 0.1) is 41.5 Å². The van der Waals surface area contributed by atoms with E-state index < -0.39 is 0 Å². The molecular formula is C44H40N4. The van der Waals surface area contributed by atoms with Crippen molar-refractivity contribution in [3.05, 3.63) is 167 Å². The number of aryl methyl sites for hydroxylation is 6. The Morgan fingerprint density at radius 1 is 0.458 bits per heavy atom. The lowest BCUT2D eigenvalue weighted by atomic mass is 9.98. The fraction of sp³-hybridized carbons (Fsp3) is 0.136. The van der Waals surface area contributed by atoms with Crippen LogP contribution in [0.1, 0.15) is 33.4 Å². The normalized spacial score (nSPS) is 11.1. The third-order valence-electron chi connectivity index (χ3n) is 9.03. The second kappa shape index (κ2) is 12.8. The van der Waals surface area contributed by atoms with Crippen molar-refractivity contribution < 1.29 is 0 Å². The Kier molecular flexibility index (Phi) is 8.24. The summed E-state index contributed by atoms with van der Waals surface area (Å²) in [5, 5.41) is 2.32. The lowest BCUT2D eigenvalue weighted by Crippen LogP contribution is -2.16. The van der Waals surface area contributed by atoms with Gasteiger partial charge < -0.3 is 4.90 Å². The van der Waals surface area contributed by atoms with Gasteiger partial charge in [-0.15, -0.1) is 0 Å². The Balaban J connectivity index is 1.39. The van der Waals surface area contributed by atoms with Crippen LogP contribution in [0.5, 0.6) is 0 Å². The number of rotatable bonds is 7. The standard InChI is InChI=1S/C44H40N4/c1-29-23-31(3)43(32(4)24-29)48(44-33(5)25-30(2)26-34(44)6)38-21-19-37(20-22-38)47(41-18-12-16-35-13-10-11-17-39(35)41)42-28-45-40(27-46-42)36-14-8-7-9-15-36/h7-28H,1-6H3. The van der Waals surface area contributed by atoms with E-state index in [0.717, 1.165) is 39.5 Å². The molecule has 0 aliphatic rings. The highest BCUT2D eigenvalue weighted by Gasteiger charge is 2.23. The molecule has 0 radical (unpaired) electrons. The molecule has 4 nitrogen and oxygen atoms in total. The predicted octanol–water partition coefficient (Wildman–Crippen LogP) is 12.1. The van der Waals surface area contributed by atoms with Crippen LogP contribution in [0.15, 0.2) is 134 Å². The van der Waals surface area contributed by atoms with Crippen LogP contribution < -0.4 is 9.80 Å². The smallest absolute Gasteiger partial charge is 0.156 e. The number of fused-ring (bicyclic) bond motifs is 1. The predicted molar refractivity (Wildman–Crippen MR) is 203 cm³/mol. The van der Waals surface area contributed by atoms with Crippen molar-refractivity contribution in [3.8, 4) is 11.3 Å². The molecule has 7 rings (SSSR count). The summed E-state index contributed by atoms with van der Waals surface area (Å²) in [7, 11) is 0. The van der Waals surface area contributed by atoms with Crippen molar-refractivity contribution in [2.24, 2.45) is 0 Å². The van der Waals surface area contributed by atoms with Gasteiger partial charge in [0.15, 0.2) is 5.82 Å². The van der Waals surface area contributed by atoms with E-state index in [1.54, 1.807) is 0 Å². The van der Waals surface area contributed by atoms with Crippen LogP contribution in [-0.4, -0.2) is 9.97 Å². The first-order chi connectivity index (χ1) is 23.3. The van der Waals surface area contributed by atoms with E-state index in [0.29, 0.717) is 0 Å².